The number of ether oxygens (including phenoxy) is 2. The molecule has 0 spiro atoms. The number of nitrogens with one attached hydrogen (secondary N) is 1. The van der Waals surface area contributed by atoms with Gasteiger partial charge in [0.1, 0.15) is 11.5 Å². The van der Waals surface area contributed by atoms with Gasteiger partial charge in [0, 0.05) is 0 Å². The summed E-state index contributed by atoms with van der Waals surface area (Å²) >= 11 is 3.48. The molecule has 0 amide bonds. The molecule has 4 heteroatoms. The SMILES string of the molecule is CNCCCCCCOc1ccc(OC)cc1Br. The van der Waals surface area contributed by atoms with Crippen LogP contribution < -0.4 is 14.8 Å². The van der Waals surface area contributed by atoms with Crippen LogP contribution in [0.1, 0.15) is 25.7 Å². The highest BCUT2D eigenvalue weighted by Crippen LogP contribution is 2.29. The number of hydrogen-bond donors (Lipinski definition) is 1. The van der Waals surface area contributed by atoms with Crippen molar-refractivity contribution in [3.63, 3.8) is 0 Å². The molecule has 0 aliphatic rings. The van der Waals surface area contributed by atoms with Crippen molar-refractivity contribution in [3.8, 4) is 11.5 Å². The van der Waals surface area contributed by atoms with Gasteiger partial charge in [0.2, 0.25) is 0 Å². The zero-order chi connectivity index (χ0) is 13.2. The number of methoxy groups -OCH3 is 1. The van der Waals surface area contributed by atoms with E-state index in [0.717, 1.165) is 35.5 Å². The van der Waals surface area contributed by atoms with Crippen LogP contribution in [-0.4, -0.2) is 27.3 Å². The van der Waals surface area contributed by atoms with Crippen LogP contribution in [0.15, 0.2) is 22.7 Å². The van der Waals surface area contributed by atoms with E-state index in [0.29, 0.717) is 0 Å². The summed E-state index contributed by atoms with van der Waals surface area (Å²) in [6, 6.07) is 5.76. The minimum absolute atomic E-state index is 0.768. The lowest BCUT2D eigenvalue weighted by atomic mass is 10.2. The van der Waals surface area contributed by atoms with Gasteiger partial charge in [0.25, 0.3) is 0 Å². The average molecular weight is 316 g/mol. The molecule has 0 bridgehead atoms. The van der Waals surface area contributed by atoms with Crippen LogP contribution in [0.2, 0.25) is 0 Å². The van der Waals surface area contributed by atoms with Gasteiger partial charge in [0.05, 0.1) is 18.2 Å². The fourth-order valence-electron chi connectivity index (χ4n) is 1.67. The Morgan fingerprint density at radius 2 is 1.94 bits per heavy atom. The molecule has 1 rings (SSSR count). The number of benzene rings is 1. The summed E-state index contributed by atoms with van der Waals surface area (Å²) in [6.07, 6.45) is 4.81. The molecule has 0 radical (unpaired) electrons. The molecular weight excluding hydrogens is 294 g/mol. The average Bonchev–Trinajstić information content (AvgIpc) is 2.39. The zero-order valence-corrected chi connectivity index (χ0v) is 12.8. The van der Waals surface area contributed by atoms with Crippen molar-refractivity contribution in [3.05, 3.63) is 22.7 Å². The topological polar surface area (TPSA) is 30.5 Å². The number of halogens is 1. The van der Waals surface area contributed by atoms with Crippen molar-refractivity contribution in [1.82, 2.24) is 5.32 Å². The lowest BCUT2D eigenvalue weighted by Gasteiger charge is -2.09. The fourth-order valence-corrected chi connectivity index (χ4v) is 2.14. The van der Waals surface area contributed by atoms with Crippen molar-refractivity contribution >= 4 is 15.9 Å². The Bertz CT molecular complexity index is 345. The number of hydrogen-bond acceptors (Lipinski definition) is 3. The van der Waals surface area contributed by atoms with Gasteiger partial charge in [-0.3, -0.25) is 0 Å². The summed E-state index contributed by atoms with van der Waals surface area (Å²) in [4.78, 5) is 0. The van der Waals surface area contributed by atoms with Crippen LogP contribution in [0.3, 0.4) is 0 Å². The van der Waals surface area contributed by atoms with Gasteiger partial charge in [-0.05, 0) is 60.6 Å². The van der Waals surface area contributed by atoms with E-state index in [2.05, 4.69) is 21.2 Å². The van der Waals surface area contributed by atoms with Gasteiger partial charge in [-0.25, -0.2) is 0 Å². The third-order valence-electron chi connectivity index (χ3n) is 2.72. The monoisotopic (exact) mass is 315 g/mol. The van der Waals surface area contributed by atoms with Crippen molar-refractivity contribution in [1.29, 1.82) is 0 Å². The van der Waals surface area contributed by atoms with Crippen LogP contribution >= 0.6 is 15.9 Å². The molecule has 0 saturated carbocycles. The normalized spacial score (nSPS) is 10.4. The van der Waals surface area contributed by atoms with Crippen LogP contribution in [-0.2, 0) is 0 Å². The van der Waals surface area contributed by atoms with E-state index in [9.17, 15) is 0 Å². The maximum atomic E-state index is 5.72. The maximum Gasteiger partial charge on any atom is 0.133 e. The minimum Gasteiger partial charge on any atom is -0.497 e. The Labute approximate surface area is 118 Å². The first-order valence-electron chi connectivity index (χ1n) is 6.39. The molecule has 0 unspecified atom stereocenters. The molecule has 3 nitrogen and oxygen atoms in total. The summed E-state index contributed by atoms with van der Waals surface area (Å²) in [5.41, 5.74) is 0. The summed E-state index contributed by atoms with van der Waals surface area (Å²) in [6.45, 7) is 1.87. The first-order valence-corrected chi connectivity index (χ1v) is 7.18. The summed E-state index contributed by atoms with van der Waals surface area (Å²) < 4.78 is 11.8. The Hall–Kier alpha value is -0.740. The molecule has 0 fully saturated rings. The van der Waals surface area contributed by atoms with Gasteiger partial charge in [-0.1, -0.05) is 12.8 Å². The highest BCUT2D eigenvalue weighted by atomic mass is 79.9. The van der Waals surface area contributed by atoms with E-state index in [1.807, 2.05) is 25.2 Å². The molecule has 1 aromatic carbocycles. The van der Waals surface area contributed by atoms with Crippen LogP contribution in [0.25, 0.3) is 0 Å². The summed E-state index contributed by atoms with van der Waals surface area (Å²) in [5.74, 6) is 1.72. The molecule has 0 heterocycles. The smallest absolute Gasteiger partial charge is 0.133 e. The quantitative estimate of drug-likeness (QED) is 0.706. The molecule has 18 heavy (non-hydrogen) atoms. The van der Waals surface area contributed by atoms with Crippen molar-refractivity contribution in [2.75, 3.05) is 27.3 Å². The molecule has 1 aromatic rings. The zero-order valence-electron chi connectivity index (χ0n) is 11.2. The molecule has 0 aromatic heterocycles. The Morgan fingerprint density at radius 3 is 2.61 bits per heavy atom. The van der Waals surface area contributed by atoms with Crippen LogP contribution in [0.4, 0.5) is 0 Å². The Kier molecular flexibility index (Phi) is 7.85. The van der Waals surface area contributed by atoms with Gasteiger partial charge < -0.3 is 14.8 Å². The molecule has 1 N–H and O–H groups in total. The largest absolute Gasteiger partial charge is 0.497 e. The van der Waals surface area contributed by atoms with Gasteiger partial charge >= 0.3 is 0 Å². The van der Waals surface area contributed by atoms with E-state index in [1.54, 1.807) is 7.11 Å². The molecule has 102 valence electrons. The summed E-state index contributed by atoms with van der Waals surface area (Å²) in [7, 11) is 3.65. The molecule has 0 aliphatic heterocycles. The molecule has 0 aliphatic carbocycles. The maximum absolute atomic E-state index is 5.72. The van der Waals surface area contributed by atoms with Crippen molar-refractivity contribution in [2.45, 2.75) is 25.7 Å². The Balaban J connectivity index is 2.19. The predicted molar refractivity (Wildman–Crippen MR) is 78.6 cm³/mol. The molecular formula is C14H22BrNO2. The highest BCUT2D eigenvalue weighted by Gasteiger charge is 2.02. The van der Waals surface area contributed by atoms with Gasteiger partial charge in [-0.2, -0.15) is 0 Å². The van der Waals surface area contributed by atoms with E-state index in [4.69, 9.17) is 9.47 Å². The number of rotatable bonds is 9. The second-order valence-corrected chi connectivity index (χ2v) is 5.02. The van der Waals surface area contributed by atoms with Gasteiger partial charge in [-0.15, -0.1) is 0 Å². The van der Waals surface area contributed by atoms with Crippen LogP contribution in [0.5, 0.6) is 11.5 Å². The number of unbranched alkanes of at least 4 members (excludes halogenated alkanes) is 3. The van der Waals surface area contributed by atoms with Gasteiger partial charge in [0.15, 0.2) is 0 Å². The van der Waals surface area contributed by atoms with E-state index in [1.165, 1.54) is 19.3 Å². The molecule has 0 saturated heterocycles. The van der Waals surface area contributed by atoms with Crippen molar-refractivity contribution < 1.29 is 9.47 Å². The second kappa shape index (κ2) is 9.22. The highest BCUT2D eigenvalue weighted by molar-refractivity contribution is 9.10. The minimum atomic E-state index is 0.768. The third kappa shape index (κ3) is 5.74. The Morgan fingerprint density at radius 1 is 1.17 bits per heavy atom. The lowest BCUT2D eigenvalue weighted by molar-refractivity contribution is 0.302. The van der Waals surface area contributed by atoms with E-state index >= 15 is 0 Å². The first-order chi connectivity index (χ1) is 8.77. The first kappa shape index (κ1) is 15.3. The van der Waals surface area contributed by atoms with Crippen LogP contribution in [0, 0.1) is 0 Å². The third-order valence-corrected chi connectivity index (χ3v) is 3.34. The predicted octanol–water partition coefficient (Wildman–Crippen LogP) is 3.62. The standard InChI is InChI=1S/C14H22BrNO2/c1-16-9-5-3-4-6-10-18-14-8-7-12(17-2)11-13(14)15/h7-8,11,16H,3-6,9-10H2,1-2H3. The second-order valence-electron chi connectivity index (χ2n) is 4.16. The lowest BCUT2D eigenvalue weighted by Crippen LogP contribution is -2.07. The van der Waals surface area contributed by atoms with E-state index < -0.39 is 0 Å². The fraction of sp³-hybridized carbons (Fsp3) is 0.571. The van der Waals surface area contributed by atoms with Crippen molar-refractivity contribution in [2.24, 2.45) is 0 Å². The molecule has 0 atom stereocenters. The van der Waals surface area contributed by atoms with E-state index in [-0.39, 0.29) is 0 Å². The summed E-state index contributed by atoms with van der Waals surface area (Å²) in [5, 5.41) is 3.15.